The van der Waals surface area contributed by atoms with E-state index in [2.05, 4.69) is 16.3 Å². The van der Waals surface area contributed by atoms with E-state index in [9.17, 15) is 8.42 Å². The van der Waals surface area contributed by atoms with Crippen molar-refractivity contribution in [2.45, 2.75) is 43.8 Å². The number of sulfone groups is 1. The van der Waals surface area contributed by atoms with Gasteiger partial charge in [-0.25, -0.2) is 8.42 Å². The molecule has 1 fully saturated rings. The normalized spacial score (nSPS) is 17.3. The molecule has 0 radical (unpaired) electrons. The molecule has 0 atom stereocenters. The highest BCUT2D eigenvalue weighted by Crippen LogP contribution is 2.37. The molecular formula is C17H20N2O3S2. The molecule has 0 unspecified atom stereocenters. The molecule has 1 saturated carbocycles. The molecule has 0 bridgehead atoms. The van der Waals surface area contributed by atoms with Gasteiger partial charge in [0.25, 0.3) is 0 Å². The van der Waals surface area contributed by atoms with E-state index in [1.54, 1.807) is 0 Å². The van der Waals surface area contributed by atoms with Crippen LogP contribution in [0.25, 0.3) is 0 Å². The van der Waals surface area contributed by atoms with Crippen molar-refractivity contribution >= 4 is 21.2 Å². The van der Waals surface area contributed by atoms with Crippen molar-refractivity contribution in [1.82, 2.24) is 10.2 Å². The first-order valence-electron chi connectivity index (χ1n) is 8.36. The molecule has 1 aliphatic carbocycles. The molecule has 2 aromatic rings. The second-order valence-corrected chi connectivity index (χ2v) is 9.82. The summed E-state index contributed by atoms with van der Waals surface area (Å²) in [5, 5.41) is 9.88. The van der Waals surface area contributed by atoms with Gasteiger partial charge in [-0.1, -0.05) is 18.6 Å². The maximum Gasteiger partial charge on any atom is 0.157 e. The van der Waals surface area contributed by atoms with E-state index in [0.29, 0.717) is 17.3 Å². The van der Waals surface area contributed by atoms with Gasteiger partial charge >= 0.3 is 0 Å². The summed E-state index contributed by atoms with van der Waals surface area (Å²) in [6.07, 6.45) is 4.99. The first-order valence-corrected chi connectivity index (χ1v) is 11.0. The van der Waals surface area contributed by atoms with Gasteiger partial charge in [-0.15, -0.1) is 21.5 Å². The number of nitrogens with zero attached hydrogens (tertiary/aromatic N) is 2. The SMILES string of the molecule is O=S(=O)(CCc1ccc2c(c1)CCO2)Cc1nnc(C2CCC2)s1. The van der Waals surface area contributed by atoms with Gasteiger partial charge in [0.15, 0.2) is 9.84 Å². The van der Waals surface area contributed by atoms with Crippen molar-refractivity contribution in [2.24, 2.45) is 0 Å². The average Bonchev–Trinajstić information content (AvgIpc) is 3.12. The maximum atomic E-state index is 12.4. The van der Waals surface area contributed by atoms with Crippen LogP contribution in [0.1, 0.15) is 46.3 Å². The highest BCUT2D eigenvalue weighted by Gasteiger charge is 2.24. The predicted molar refractivity (Wildman–Crippen MR) is 93.3 cm³/mol. The summed E-state index contributed by atoms with van der Waals surface area (Å²) in [6.45, 7) is 0.720. The fraction of sp³-hybridized carbons (Fsp3) is 0.529. The molecule has 0 amide bonds. The Balaban J connectivity index is 1.37. The molecule has 2 aliphatic rings. The first kappa shape index (κ1) is 16.0. The van der Waals surface area contributed by atoms with Gasteiger partial charge in [-0.2, -0.15) is 0 Å². The van der Waals surface area contributed by atoms with Crippen LogP contribution >= 0.6 is 11.3 Å². The number of aryl methyl sites for hydroxylation is 1. The molecule has 1 aromatic carbocycles. The molecular weight excluding hydrogens is 344 g/mol. The molecule has 7 heteroatoms. The lowest BCUT2D eigenvalue weighted by atomic mass is 9.86. The van der Waals surface area contributed by atoms with E-state index < -0.39 is 9.84 Å². The van der Waals surface area contributed by atoms with E-state index in [1.165, 1.54) is 23.3 Å². The standard InChI is InChI=1S/C17H20N2O3S2/c20-24(21,11-16-18-19-17(23-16)13-2-1-3-13)9-7-12-4-5-15-14(10-12)6-8-22-15/h4-5,10,13H,1-3,6-9,11H2. The van der Waals surface area contributed by atoms with Crippen LogP contribution in [0.4, 0.5) is 0 Å². The smallest absolute Gasteiger partial charge is 0.157 e. The molecule has 0 N–H and O–H groups in total. The zero-order valence-electron chi connectivity index (χ0n) is 13.4. The second kappa shape index (κ2) is 6.44. The number of hydrogen-bond acceptors (Lipinski definition) is 6. The van der Waals surface area contributed by atoms with Gasteiger partial charge < -0.3 is 4.74 Å². The summed E-state index contributed by atoms with van der Waals surface area (Å²) in [4.78, 5) is 0. The van der Waals surface area contributed by atoms with Crippen molar-refractivity contribution in [3.8, 4) is 5.75 Å². The highest BCUT2D eigenvalue weighted by molar-refractivity contribution is 7.90. The zero-order chi connectivity index (χ0) is 16.6. The van der Waals surface area contributed by atoms with Crippen LogP contribution < -0.4 is 4.74 Å². The van der Waals surface area contributed by atoms with E-state index in [0.717, 1.165) is 42.2 Å². The van der Waals surface area contributed by atoms with E-state index in [-0.39, 0.29) is 11.5 Å². The summed E-state index contributed by atoms with van der Waals surface area (Å²) >= 11 is 1.46. The Labute approximate surface area is 146 Å². The summed E-state index contributed by atoms with van der Waals surface area (Å²) in [6, 6.07) is 5.97. The molecule has 4 rings (SSSR count). The van der Waals surface area contributed by atoms with Gasteiger partial charge in [0.2, 0.25) is 0 Å². The Hall–Kier alpha value is -1.47. The number of hydrogen-bond donors (Lipinski definition) is 0. The third kappa shape index (κ3) is 3.47. The fourth-order valence-electron chi connectivity index (χ4n) is 3.07. The van der Waals surface area contributed by atoms with Crippen LogP contribution in [0.5, 0.6) is 5.75 Å². The average molecular weight is 364 g/mol. The summed E-state index contributed by atoms with van der Waals surface area (Å²) in [5.41, 5.74) is 2.23. The minimum absolute atomic E-state index is 0.00540. The topological polar surface area (TPSA) is 69.2 Å². The van der Waals surface area contributed by atoms with Crippen molar-refractivity contribution in [1.29, 1.82) is 0 Å². The van der Waals surface area contributed by atoms with Crippen LogP contribution in [-0.4, -0.2) is 31.0 Å². The minimum Gasteiger partial charge on any atom is -0.493 e. The number of fused-ring (bicyclic) bond motifs is 1. The number of ether oxygens (including phenoxy) is 1. The van der Waals surface area contributed by atoms with Gasteiger partial charge in [0, 0.05) is 12.3 Å². The lowest BCUT2D eigenvalue weighted by molar-refractivity contribution is 0.357. The molecule has 1 aromatic heterocycles. The predicted octanol–water partition coefficient (Wildman–Crippen LogP) is 2.90. The monoisotopic (exact) mass is 364 g/mol. The summed E-state index contributed by atoms with van der Waals surface area (Å²) in [7, 11) is -3.17. The quantitative estimate of drug-likeness (QED) is 0.788. The van der Waals surface area contributed by atoms with E-state index in [1.807, 2.05) is 12.1 Å². The van der Waals surface area contributed by atoms with Gasteiger partial charge in [0.1, 0.15) is 21.5 Å². The Kier molecular flexibility index (Phi) is 4.30. The van der Waals surface area contributed by atoms with Crippen molar-refractivity contribution in [3.63, 3.8) is 0 Å². The highest BCUT2D eigenvalue weighted by atomic mass is 32.2. The maximum absolute atomic E-state index is 12.4. The Morgan fingerprint density at radius 1 is 1.25 bits per heavy atom. The summed E-state index contributed by atoms with van der Waals surface area (Å²) in [5.74, 6) is 1.59. The van der Waals surface area contributed by atoms with Gasteiger partial charge in [-0.05, 0) is 36.5 Å². The third-order valence-corrected chi connectivity index (χ3v) is 7.54. The Morgan fingerprint density at radius 2 is 2.12 bits per heavy atom. The molecule has 24 heavy (non-hydrogen) atoms. The zero-order valence-corrected chi connectivity index (χ0v) is 15.0. The van der Waals surface area contributed by atoms with Crippen molar-refractivity contribution in [2.75, 3.05) is 12.4 Å². The van der Waals surface area contributed by atoms with Gasteiger partial charge in [-0.3, -0.25) is 0 Å². The van der Waals surface area contributed by atoms with Crippen molar-refractivity contribution < 1.29 is 13.2 Å². The van der Waals surface area contributed by atoms with Crippen LogP contribution in [0.3, 0.4) is 0 Å². The minimum atomic E-state index is -3.17. The molecule has 0 spiro atoms. The van der Waals surface area contributed by atoms with E-state index >= 15 is 0 Å². The number of rotatable bonds is 6. The molecule has 1 aliphatic heterocycles. The van der Waals surface area contributed by atoms with E-state index in [4.69, 9.17) is 4.74 Å². The molecule has 5 nitrogen and oxygen atoms in total. The van der Waals surface area contributed by atoms with Gasteiger partial charge in [0.05, 0.1) is 12.4 Å². The summed E-state index contributed by atoms with van der Waals surface area (Å²) < 4.78 is 30.2. The fourth-order valence-corrected chi connectivity index (χ4v) is 5.78. The molecule has 0 saturated heterocycles. The largest absolute Gasteiger partial charge is 0.493 e. The van der Waals surface area contributed by atoms with Crippen LogP contribution in [0, 0.1) is 0 Å². The second-order valence-electron chi connectivity index (χ2n) is 6.54. The Morgan fingerprint density at radius 3 is 2.92 bits per heavy atom. The van der Waals surface area contributed by atoms with Crippen molar-refractivity contribution in [3.05, 3.63) is 39.3 Å². The van der Waals surface area contributed by atoms with Crippen LogP contribution in [-0.2, 0) is 28.4 Å². The van der Waals surface area contributed by atoms with Crippen LogP contribution in [0.15, 0.2) is 18.2 Å². The van der Waals surface area contributed by atoms with Crippen LogP contribution in [0.2, 0.25) is 0 Å². The number of benzene rings is 1. The lowest BCUT2D eigenvalue weighted by Crippen LogP contribution is -2.11. The third-order valence-electron chi connectivity index (χ3n) is 4.74. The lowest BCUT2D eigenvalue weighted by Gasteiger charge is -2.21. The molecule has 128 valence electrons. The molecule has 2 heterocycles. The Bertz CT molecular complexity index is 841. The number of aromatic nitrogens is 2. The first-order chi connectivity index (χ1) is 11.6.